The molecule has 2 rings (SSSR count). The van der Waals surface area contributed by atoms with Crippen LogP contribution in [-0.4, -0.2) is 19.3 Å². The predicted molar refractivity (Wildman–Crippen MR) is 77.4 cm³/mol. The van der Waals surface area contributed by atoms with E-state index in [9.17, 15) is 13.2 Å². The van der Waals surface area contributed by atoms with Gasteiger partial charge in [-0.25, -0.2) is 18.5 Å². The number of amides is 1. The maximum absolute atomic E-state index is 12.0. The van der Waals surface area contributed by atoms with Gasteiger partial charge in [0.25, 0.3) is 5.91 Å². The number of anilines is 1. The first kappa shape index (κ1) is 14.6. The Morgan fingerprint density at radius 2 is 2.05 bits per heavy atom. The molecular formula is C12H13N3O3S2. The van der Waals surface area contributed by atoms with Gasteiger partial charge in [-0.05, 0) is 37.1 Å². The van der Waals surface area contributed by atoms with Crippen LogP contribution in [0.3, 0.4) is 0 Å². The van der Waals surface area contributed by atoms with E-state index in [1.165, 1.54) is 23.5 Å². The Bertz CT molecular complexity index is 753. The van der Waals surface area contributed by atoms with Crippen LogP contribution in [0.15, 0.2) is 27.9 Å². The van der Waals surface area contributed by atoms with E-state index in [2.05, 4.69) is 10.3 Å². The number of aromatic nitrogens is 1. The van der Waals surface area contributed by atoms with Crippen molar-refractivity contribution < 1.29 is 13.2 Å². The topological polar surface area (TPSA) is 102 Å². The lowest BCUT2D eigenvalue weighted by Crippen LogP contribution is -2.16. The number of hydrogen-bond acceptors (Lipinski definition) is 5. The second-order valence-corrected chi connectivity index (χ2v) is 6.57. The highest BCUT2D eigenvalue weighted by Gasteiger charge is 2.15. The van der Waals surface area contributed by atoms with Gasteiger partial charge < -0.3 is 5.32 Å². The molecule has 1 aromatic heterocycles. The smallest absolute Gasteiger partial charge is 0.275 e. The number of carbonyl (C=O) groups excluding carboxylic acids is 1. The summed E-state index contributed by atoms with van der Waals surface area (Å²) in [5.41, 5.74) is 3.75. The Kier molecular flexibility index (Phi) is 3.89. The van der Waals surface area contributed by atoms with E-state index < -0.39 is 10.0 Å². The molecule has 1 heterocycles. The maximum Gasteiger partial charge on any atom is 0.275 e. The first-order chi connectivity index (χ1) is 9.29. The molecule has 0 fully saturated rings. The van der Waals surface area contributed by atoms with Gasteiger partial charge in [-0.3, -0.25) is 4.79 Å². The van der Waals surface area contributed by atoms with Crippen LogP contribution in [0.4, 0.5) is 5.69 Å². The van der Waals surface area contributed by atoms with Crippen LogP contribution in [0.5, 0.6) is 0 Å². The molecule has 8 heteroatoms. The number of carbonyl (C=O) groups is 1. The zero-order valence-electron chi connectivity index (χ0n) is 10.9. The third kappa shape index (κ3) is 3.03. The molecule has 1 amide bonds. The number of nitrogens with two attached hydrogens (primary N) is 1. The molecular weight excluding hydrogens is 298 g/mol. The SMILES string of the molecule is Cc1cc(S(N)(=O)=O)cc(NC(=O)c2cscn2)c1C. The van der Waals surface area contributed by atoms with Gasteiger partial charge in [0.1, 0.15) is 5.69 Å². The number of hydrogen-bond donors (Lipinski definition) is 2. The molecule has 1 aromatic carbocycles. The molecule has 106 valence electrons. The Morgan fingerprint density at radius 3 is 2.60 bits per heavy atom. The minimum Gasteiger partial charge on any atom is -0.320 e. The number of nitrogens with zero attached hydrogens (tertiary/aromatic N) is 1. The lowest BCUT2D eigenvalue weighted by Gasteiger charge is -2.12. The average Bonchev–Trinajstić information content (AvgIpc) is 2.87. The summed E-state index contributed by atoms with van der Waals surface area (Å²) in [5.74, 6) is -0.389. The van der Waals surface area contributed by atoms with Gasteiger partial charge in [0.05, 0.1) is 10.4 Å². The fraction of sp³-hybridized carbons (Fsp3) is 0.167. The van der Waals surface area contributed by atoms with Crippen LogP contribution in [0.1, 0.15) is 21.6 Å². The number of aryl methyl sites for hydroxylation is 1. The van der Waals surface area contributed by atoms with E-state index >= 15 is 0 Å². The molecule has 20 heavy (non-hydrogen) atoms. The molecule has 0 spiro atoms. The van der Waals surface area contributed by atoms with E-state index in [1.807, 2.05) is 0 Å². The molecule has 0 aliphatic rings. The summed E-state index contributed by atoms with van der Waals surface area (Å²) < 4.78 is 22.8. The monoisotopic (exact) mass is 311 g/mol. The summed E-state index contributed by atoms with van der Waals surface area (Å²) >= 11 is 1.31. The summed E-state index contributed by atoms with van der Waals surface area (Å²) in [6, 6.07) is 2.82. The minimum absolute atomic E-state index is 0.0332. The second kappa shape index (κ2) is 5.31. The summed E-state index contributed by atoms with van der Waals surface area (Å²) in [7, 11) is -3.82. The second-order valence-electron chi connectivity index (χ2n) is 4.29. The van der Waals surface area contributed by atoms with Gasteiger partial charge in [0.2, 0.25) is 10.0 Å². The molecule has 0 saturated carbocycles. The largest absolute Gasteiger partial charge is 0.320 e. The Morgan fingerprint density at radius 1 is 1.35 bits per heavy atom. The number of primary sulfonamides is 1. The van der Waals surface area contributed by atoms with Crippen molar-refractivity contribution in [3.05, 3.63) is 39.8 Å². The van der Waals surface area contributed by atoms with Gasteiger partial charge in [-0.2, -0.15) is 0 Å². The van der Waals surface area contributed by atoms with E-state index in [1.54, 1.807) is 24.7 Å². The Balaban J connectivity index is 2.41. The first-order valence-electron chi connectivity index (χ1n) is 5.62. The van der Waals surface area contributed by atoms with Crippen LogP contribution in [0.25, 0.3) is 0 Å². The molecule has 6 nitrogen and oxygen atoms in total. The highest BCUT2D eigenvalue weighted by Crippen LogP contribution is 2.24. The van der Waals surface area contributed by atoms with E-state index in [0.29, 0.717) is 5.69 Å². The van der Waals surface area contributed by atoms with Crippen molar-refractivity contribution in [2.45, 2.75) is 18.7 Å². The molecule has 0 radical (unpaired) electrons. The standard InChI is InChI=1S/C12H13N3O3S2/c1-7-3-9(20(13,17)18)4-10(8(7)2)15-12(16)11-5-19-6-14-11/h3-6H,1-2H3,(H,15,16)(H2,13,17,18). The fourth-order valence-corrected chi connectivity index (χ4v) is 2.79. The quantitative estimate of drug-likeness (QED) is 0.899. The van der Waals surface area contributed by atoms with Gasteiger partial charge in [-0.1, -0.05) is 0 Å². The summed E-state index contributed by atoms with van der Waals surface area (Å²) in [4.78, 5) is 15.8. The number of benzene rings is 1. The van der Waals surface area contributed by atoms with Crippen molar-refractivity contribution in [3.63, 3.8) is 0 Å². The molecule has 0 atom stereocenters. The van der Waals surface area contributed by atoms with Crippen molar-refractivity contribution in [2.75, 3.05) is 5.32 Å². The Hall–Kier alpha value is -1.77. The van der Waals surface area contributed by atoms with E-state index in [-0.39, 0.29) is 16.5 Å². The maximum atomic E-state index is 12.0. The molecule has 0 saturated heterocycles. The van der Waals surface area contributed by atoms with Crippen molar-refractivity contribution in [3.8, 4) is 0 Å². The normalized spacial score (nSPS) is 11.3. The van der Waals surface area contributed by atoms with Crippen molar-refractivity contribution in [1.82, 2.24) is 4.98 Å². The molecule has 2 aromatic rings. The number of sulfonamides is 1. The van der Waals surface area contributed by atoms with E-state index in [4.69, 9.17) is 5.14 Å². The Labute approximate surface area is 120 Å². The number of rotatable bonds is 3. The predicted octanol–water partition coefficient (Wildman–Crippen LogP) is 1.66. The zero-order chi connectivity index (χ0) is 14.9. The van der Waals surface area contributed by atoms with Gasteiger partial charge in [-0.15, -0.1) is 11.3 Å². The van der Waals surface area contributed by atoms with Crippen molar-refractivity contribution in [2.24, 2.45) is 5.14 Å². The molecule has 3 N–H and O–H groups in total. The highest BCUT2D eigenvalue weighted by atomic mass is 32.2. The zero-order valence-corrected chi connectivity index (χ0v) is 12.5. The van der Waals surface area contributed by atoms with Gasteiger partial charge in [0.15, 0.2) is 0 Å². The third-order valence-corrected chi connectivity index (χ3v) is 4.36. The van der Waals surface area contributed by atoms with Crippen LogP contribution in [-0.2, 0) is 10.0 Å². The molecule has 0 aliphatic carbocycles. The average molecular weight is 311 g/mol. The first-order valence-corrected chi connectivity index (χ1v) is 8.11. The summed E-state index contributed by atoms with van der Waals surface area (Å²) in [5, 5.41) is 9.38. The molecule has 0 aliphatic heterocycles. The molecule has 0 unspecified atom stereocenters. The minimum atomic E-state index is -3.82. The van der Waals surface area contributed by atoms with Crippen molar-refractivity contribution >= 4 is 33.0 Å². The van der Waals surface area contributed by atoms with Crippen LogP contribution in [0.2, 0.25) is 0 Å². The van der Waals surface area contributed by atoms with Gasteiger partial charge >= 0.3 is 0 Å². The van der Waals surface area contributed by atoms with Crippen LogP contribution < -0.4 is 10.5 Å². The van der Waals surface area contributed by atoms with Crippen LogP contribution in [0, 0.1) is 13.8 Å². The lowest BCUT2D eigenvalue weighted by molar-refractivity contribution is 0.102. The lowest BCUT2D eigenvalue weighted by atomic mass is 10.1. The summed E-state index contributed by atoms with van der Waals surface area (Å²) in [6.07, 6.45) is 0. The fourth-order valence-electron chi connectivity index (χ4n) is 1.63. The third-order valence-electron chi connectivity index (χ3n) is 2.88. The van der Waals surface area contributed by atoms with Crippen molar-refractivity contribution in [1.29, 1.82) is 0 Å². The number of nitrogens with one attached hydrogen (secondary N) is 1. The molecule has 0 bridgehead atoms. The van der Waals surface area contributed by atoms with Crippen LogP contribution >= 0.6 is 11.3 Å². The highest BCUT2D eigenvalue weighted by molar-refractivity contribution is 7.89. The van der Waals surface area contributed by atoms with Gasteiger partial charge in [0, 0.05) is 11.1 Å². The van der Waals surface area contributed by atoms with E-state index in [0.717, 1.165) is 11.1 Å². The summed E-state index contributed by atoms with van der Waals surface area (Å²) in [6.45, 7) is 3.54. The number of thiazole rings is 1.